The molecule has 3 unspecified atom stereocenters. The molecule has 3 rings (SSSR count). The van der Waals surface area contributed by atoms with E-state index in [1.165, 1.54) is 21.3 Å². The van der Waals surface area contributed by atoms with Crippen molar-refractivity contribution in [2.24, 2.45) is 5.92 Å². The van der Waals surface area contributed by atoms with Gasteiger partial charge in [0.1, 0.15) is 5.75 Å². The minimum Gasteiger partial charge on any atom is -0.495 e. The van der Waals surface area contributed by atoms with E-state index in [0.29, 0.717) is 40.7 Å². The maximum Gasteiger partial charge on any atom is 0.203 e. The minimum absolute atomic E-state index is 0. The summed E-state index contributed by atoms with van der Waals surface area (Å²) in [4.78, 5) is 13.7. The molecule has 0 bridgehead atoms. The van der Waals surface area contributed by atoms with Crippen molar-refractivity contribution < 1.29 is 28.5 Å². The minimum atomic E-state index is -0.220. The molecular weight excluding hydrogens is 421 g/mol. The SMILES string of the molecule is COc1ccc(C2CC(OC)CCC2C(=O)c2cc(OC)c(OC)c(OC)c2)cc1N.[Na]. The van der Waals surface area contributed by atoms with Crippen molar-refractivity contribution in [3.05, 3.63) is 41.5 Å². The Morgan fingerprint density at radius 3 is 2.00 bits per heavy atom. The van der Waals surface area contributed by atoms with Crippen LogP contribution in [-0.4, -0.2) is 77.0 Å². The molecule has 1 aliphatic carbocycles. The summed E-state index contributed by atoms with van der Waals surface area (Å²) in [6.07, 6.45) is 2.37. The molecule has 8 heteroatoms. The molecule has 0 heterocycles. The van der Waals surface area contributed by atoms with E-state index >= 15 is 0 Å². The number of rotatable bonds is 8. The second kappa shape index (κ2) is 11.8. The third kappa shape index (κ3) is 5.34. The number of nitrogens with two attached hydrogens (primary N) is 1. The monoisotopic (exact) mass is 452 g/mol. The van der Waals surface area contributed by atoms with Crippen LogP contribution < -0.4 is 24.7 Å². The first-order valence-electron chi connectivity index (χ1n) is 10.3. The van der Waals surface area contributed by atoms with Gasteiger partial charge in [0.25, 0.3) is 0 Å². The number of benzene rings is 2. The predicted octanol–water partition coefficient (Wildman–Crippen LogP) is 3.70. The van der Waals surface area contributed by atoms with E-state index in [4.69, 9.17) is 29.4 Å². The van der Waals surface area contributed by atoms with Crippen LogP contribution in [0.4, 0.5) is 5.69 Å². The fourth-order valence-corrected chi connectivity index (χ4v) is 4.45. The molecule has 2 N–H and O–H groups in total. The van der Waals surface area contributed by atoms with E-state index in [2.05, 4.69) is 0 Å². The van der Waals surface area contributed by atoms with Gasteiger partial charge in [-0.25, -0.2) is 0 Å². The van der Waals surface area contributed by atoms with Crippen LogP contribution in [0.15, 0.2) is 30.3 Å². The normalized spacial score (nSPS) is 20.1. The van der Waals surface area contributed by atoms with E-state index in [1.54, 1.807) is 26.4 Å². The average molecular weight is 453 g/mol. The second-order valence-electron chi connectivity index (χ2n) is 7.66. The topological polar surface area (TPSA) is 89.2 Å². The first-order valence-corrected chi connectivity index (χ1v) is 10.3. The molecule has 0 amide bonds. The van der Waals surface area contributed by atoms with Gasteiger partial charge in [-0.1, -0.05) is 6.07 Å². The molecule has 169 valence electrons. The summed E-state index contributed by atoms with van der Waals surface area (Å²) < 4.78 is 27.2. The van der Waals surface area contributed by atoms with Crippen molar-refractivity contribution in [3.63, 3.8) is 0 Å². The zero-order valence-electron chi connectivity index (χ0n) is 19.8. The van der Waals surface area contributed by atoms with Crippen LogP contribution in [0, 0.1) is 5.92 Å². The molecular formula is C24H31NNaO6. The van der Waals surface area contributed by atoms with Crippen LogP contribution in [-0.2, 0) is 4.74 Å². The Bertz CT molecular complexity index is 910. The van der Waals surface area contributed by atoms with Gasteiger partial charge in [0.15, 0.2) is 17.3 Å². The quantitative estimate of drug-likeness (QED) is 0.371. The number of ether oxygens (including phenoxy) is 5. The molecule has 0 saturated heterocycles. The largest absolute Gasteiger partial charge is 0.495 e. The van der Waals surface area contributed by atoms with Crippen molar-refractivity contribution in [2.75, 3.05) is 41.3 Å². The van der Waals surface area contributed by atoms with Crippen LogP contribution in [0.3, 0.4) is 0 Å². The first-order chi connectivity index (χ1) is 15.0. The first kappa shape index (κ1) is 26.3. The molecule has 0 aromatic heterocycles. The number of carbonyl (C=O) groups excluding carboxylic acids is 1. The van der Waals surface area contributed by atoms with E-state index in [1.807, 2.05) is 18.2 Å². The molecule has 1 radical (unpaired) electrons. The third-order valence-electron chi connectivity index (χ3n) is 6.10. The Morgan fingerprint density at radius 2 is 1.50 bits per heavy atom. The third-order valence-corrected chi connectivity index (χ3v) is 6.10. The predicted molar refractivity (Wildman–Crippen MR) is 124 cm³/mol. The average Bonchev–Trinajstić information content (AvgIpc) is 2.81. The Hall–Kier alpha value is -1.93. The zero-order valence-corrected chi connectivity index (χ0v) is 21.8. The number of hydrogen-bond donors (Lipinski definition) is 1. The molecule has 0 aliphatic heterocycles. The van der Waals surface area contributed by atoms with Crippen LogP contribution in [0.2, 0.25) is 0 Å². The molecule has 2 aromatic carbocycles. The van der Waals surface area contributed by atoms with Gasteiger partial charge >= 0.3 is 0 Å². The Kier molecular flexibility index (Phi) is 9.70. The summed E-state index contributed by atoms with van der Waals surface area (Å²) in [7, 11) is 7.92. The fourth-order valence-electron chi connectivity index (χ4n) is 4.45. The van der Waals surface area contributed by atoms with Crippen molar-refractivity contribution in [1.29, 1.82) is 0 Å². The fraction of sp³-hybridized carbons (Fsp3) is 0.458. The summed E-state index contributed by atoms with van der Waals surface area (Å²) in [6.45, 7) is 0. The van der Waals surface area contributed by atoms with Crippen molar-refractivity contribution in [2.45, 2.75) is 31.3 Å². The van der Waals surface area contributed by atoms with Crippen LogP contribution in [0.5, 0.6) is 23.0 Å². The molecule has 7 nitrogen and oxygen atoms in total. The van der Waals surface area contributed by atoms with Crippen LogP contribution >= 0.6 is 0 Å². The summed E-state index contributed by atoms with van der Waals surface area (Å²) in [5.74, 6) is 1.79. The van der Waals surface area contributed by atoms with Crippen molar-refractivity contribution >= 4 is 41.0 Å². The number of nitrogen functional groups attached to an aromatic ring is 1. The number of Topliss-reactive ketones (excluding diaryl/α,β-unsaturated/α-hetero) is 1. The maximum atomic E-state index is 13.7. The smallest absolute Gasteiger partial charge is 0.203 e. The molecule has 1 aliphatic rings. The Balaban J connectivity index is 0.00000363. The van der Waals surface area contributed by atoms with Crippen molar-refractivity contribution in [3.8, 4) is 23.0 Å². The van der Waals surface area contributed by atoms with Gasteiger partial charge < -0.3 is 29.4 Å². The van der Waals surface area contributed by atoms with Gasteiger partial charge in [-0.05, 0) is 55.0 Å². The van der Waals surface area contributed by atoms with E-state index < -0.39 is 0 Å². The standard InChI is InChI=1S/C24H31NO6.Na/c1-27-16-7-8-17(18(13-16)14-6-9-20(28-2)19(25)10-14)23(26)15-11-21(29-3)24(31-5)22(12-15)30-4;/h6,9-12,16-18H,7-8,13,25H2,1-5H3;. The van der Waals surface area contributed by atoms with E-state index in [-0.39, 0.29) is 53.3 Å². The van der Waals surface area contributed by atoms with E-state index in [0.717, 1.165) is 18.4 Å². The van der Waals surface area contributed by atoms with Gasteiger partial charge in [0.05, 0.1) is 40.2 Å². The summed E-state index contributed by atoms with van der Waals surface area (Å²) in [6, 6.07) is 9.16. The Morgan fingerprint density at radius 1 is 0.875 bits per heavy atom. The number of methoxy groups -OCH3 is 5. The summed E-state index contributed by atoms with van der Waals surface area (Å²) in [5.41, 5.74) is 8.25. The van der Waals surface area contributed by atoms with Crippen molar-refractivity contribution in [1.82, 2.24) is 0 Å². The summed E-state index contributed by atoms with van der Waals surface area (Å²) in [5, 5.41) is 0. The number of anilines is 1. The molecule has 1 fully saturated rings. The second-order valence-corrected chi connectivity index (χ2v) is 7.66. The maximum absolute atomic E-state index is 13.7. The molecule has 2 aromatic rings. The molecule has 1 saturated carbocycles. The number of ketones is 1. The van der Waals surface area contributed by atoms with Gasteiger partial charge in [-0.2, -0.15) is 0 Å². The van der Waals surface area contributed by atoms with Crippen LogP contribution in [0.25, 0.3) is 0 Å². The zero-order chi connectivity index (χ0) is 22.5. The van der Waals surface area contributed by atoms with E-state index in [9.17, 15) is 4.79 Å². The molecule has 32 heavy (non-hydrogen) atoms. The molecule has 0 spiro atoms. The summed E-state index contributed by atoms with van der Waals surface area (Å²) >= 11 is 0. The van der Waals surface area contributed by atoms with Gasteiger partial charge in [-0.3, -0.25) is 4.79 Å². The van der Waals surface area contributed by atoms with Crippen LogP contribution in [0.1, 0.15) is 41.1 Å². The Labute approximate surface area is 211 Å². The van der Waals surface area contributed by atoms with Gasteiger partial charge in [-0.15, -0.1) is 0 Å². The number of carbonyl (C=O) groups is 1. The number of hydrogen-bond acceptors (Lipinski definition) is 7. The molecule has 3 atom stereocenters. The van der Waals surface area contributed by atoms with Gasteiger partial charge in [0, 0.05) is 48.1 Å². The van der Waals surface area contributed by atoms with Gasteiger partial charge in [0.2, 0.25) is 5.75 Å².